The maximum Gasteiger partial charge on any atom is 0.0311 e. The highest BCUT2D eigenvalue weighted by Gasteiger charge is 2.21. The van der Waals surface area contributed by atoms with Gasteiger partial charge >= 0.3 is 0 Å². The number of allylic oxidation sites excluding steroid dienone is 1. The lowest BCUT2D eigenvalue weighted by atomic mass is 9.80. The van der Waals surface area contributed by atoms with Gasteiger partial charge in [0.1, 0.15) is 0 Å². The van der Waals surface area contributed by atoms with Crippen molar-refractivity contribution in [2.24, 2.45) is 10.8 Å². The second-order valence-electron chi connectivity index (χ2n) is 5.05. The SMILES string of the molecule is C=CC(C)(CCl)CCC(C)(C)C. The standard InChI is InChI=1S/C11H21Cl/c1-6-11(5,9-12)8-7-10(2,3)4/h6H,1,7-9H2,2-5H3. The number of rotatable bonds is 4. The summed E-state index contributed by atoms with van der Waals surface area (Å²) in [6.45, 7) is 12.7. The van der Waals surface area contributed by atoms with Crippen LogP contribution in [0.25, 0.3) is 0 Å². The first-order chi connectivity index (χ1) is 5.33. The predicted octanol–water partition coefficient (Wildman–Crippen LogP) is 4.24. The van der Waals surface area contributed by atoms with E-state index in [1.54, 1.807) is 0 Å². The molecule has 0 saturated carbocycles. The van der Waals surface area contributed by atoms with E-state index in [0.717, 1.165) is 6.42 Å². The maximum absolute atomic E-state index is 5.87. The molecule has 0 saturated heterocycles. The summed E-state index contributed by atoms with van der Waals surface area (Å²) in [5.74, 6) is 0.673. The van der Waals surface area contributed by atoms with E-state index < -0.39 is 0 Å². The molecule has 0 aliphatic carbocycles. The van der Waals surface area contributed by atoms with E-state index in [-0.39, 0.29) is 5.41 Å². The molecule has 0 bridgehead atoms. The minimum absolute atomic E-state index is 0.120. The first-order valence-electron chi connectivity index (χ1n) is 4.52. The molecule has 1 unspecified atom stereocenters. The van der Waals surface area contributed by atoms with Gasteiger partial charge in [0.25, 0.3) is 0 Å². The first-order valence-corrected chi connectivity index (χ1v) is 5.06. The molecule has 0 rings (SSSR count). The van der Waals surface area contributed by atoms with Crippen molar-refractivity contribution in [3.63, 3.8) is 0 Å². The molecule has 0 heterocycles. The molecule has 1 atom stereocenters. The fraction of sp³-hybridized carbons (Fsp3) is 0.818. The van der Waals surface area contributed by atoms with E-state index in [4.69, 9.17) is 11.6 Å². The normalized spacial score (nSPS) is 17.1. The molecule has 0 radical (unpaired) electrons. The average Bonchev–Trinajstić information content (AvgIpc) is 1.99. The Morgan fingerprint density at radius 3 is 1.92 bits per heavy atom. The molecule has 0 amide bonds. The molecule has 0 spiro atoms. The Morgan fingerprint density at radius 2 is 1.67 bits per heavy atom. The van der Waals surface area contributed by atoms with Crippen molar-refractivity contribution in [1.82, 2.24) is 0 Å². The summed E-state index contributed by atoms with van der Waals surface area (Å²) in [4.78, 5) is 0. The van der Waals surface area contributed by atoms with E-state index in [2.05, 4.69) is 34.3 Å². The van der Waals surface area contributed by atoms with Gasteiger partial charge in [0.2, 0.25) is 0 Å². The van der Waals surface area contributed by atoms with Crippen LogP contribution in [0.5, 0.6) is 0 Å². The molecule has 0 nitrogen and oxygen atoms in total. The van der Waals surface area contributed by atoms with Gasteiger partial charge in [0.05, 0.1) is 0 Å². The van der Waals surface area contributed by atoms with Crippen LogP contribution >= 0.6 is 11.6 Å². The van der Waals surface area contributed by atoms with E-state index in [9.17, 15) is 0 Å². The largest absolute Gasteiger partial charge is 0.126 e. The summed E-state index contributed by atoms with van der Waals surface area (Å²) in [6.07, 6.45) is 4.30. The van der Waals surface area contributed by atoms with Crippen LogP contribution in [0.15, 0.2) is 12.7 Å². The smallest absolute Gasteiger partial charge is 0.0311 e. The predicted molar refractivity (Wildman–Crippen MR) is 57.7 cm³/mol. The van der Waals surface area contributed by atoms with Crippen LogP contribution in [-0.2, 0) is 0 Å². The Bertz CT molecular complexity index is 144. The van der Waals surface area contributed by atoms with Gasteiger partial charge in [-0.3, -0.25) is 0 Å². The molecule has 0 aromatic rings. The number of halogens is 1. The van der Waals surface area contributed by atoms with E-state index in [1.165, 1.54) is 6.42 Å². The van der Waals surface area contributed by atoms with Crippen molar-refractivity contribution in [3.05, 3.63) is 12.7 Å². The van der Waals surface area contributed by atoms with E-state index in [1.807, 2.05) is 6.08 Å². The highest BCUT2D eigenvalue weighted by atomic mass is 35.5. The molecular weight excluding hydrogens is 168 g/mol. The molecular formula is C11H21Cl. The summed E-state index contributed by atoms with van der Waals surface area (Å²) in [5.41, 5.74) is 0.519. The Balaban J connectivity index is 3.98. The summed E-state index contributed by atoms with van der Waals surface area (Å²) >= 11 is 5.87. The summed E-state index contributed by atoms with van der Waals surface area (Å²) in [6, 6.07) is 0. The number of hydrogen-bond acceptors (Lipinski definition) is 0. The lowest BCUT2D eigenvalue weighted by Crippen LogP contribution is -2.18. The monoisotopic (exact) mass is 188 g/mol. The molecule has 0 aliphatic rings. The fourth-order valence-electron chi connectivity index (χ4n) is 0.884. The zero-order valence-corrected chi connectivity index (χ0v) is 9.54. The van der Waals surface area contributed by atoms with Crippen molar-refractivity contribution in [1.29, 1.82) is 0 Å². The zero-order chi connectivity index (χ0) is 9.83. The third-order valence-corrected chi connectivity index (χ3v) is 2.85. The lowest BCUT2D eigenvalue weighted by Gasteiger charge is -2.27. The average molecular weight is 189 g/mol. The van der Waals surface area contributed by atoms with Gasteiger partial charge < -0.3 is 0 Å². The van der Waals surface area contributed by atoms with Gasteiger partial charge in [-0.15, -0.1) is 18.2 Å². The third kappa shape index (κ3) is 4.82. The van der Waals surface area contributed by atoms with Gasteiger partial charge in [-0.2, -0.15) is 0 Å². The third-order valence-electron chi connectivity index (χ3n) is 2.24. The minimum atomic E-state index is 0.120. The zero-order valence-electron chi connectivity index (χ0n) is 8.78. The van der Waals surface area contributed by atoms with Crippen LogP contribution in [0.2, 0.25) is 0 Å². The van der Waals surface area contributed by atoms with Crippen molar-refractivity contribution >= 4 is 11.6 Å². The van der Waals surface area contributed by atoms with Crippen molar-refractivity contribution in [2.75, 3.05) is 5.88 Å². The lowest BCUT2D eigenvalue weighted by molar-refractivity contribution is 0.302. The quantitative estimate of drug-likeness (QED) is 0.457. The van der Waals surface area contributed by atoms with Crippen LogP contribution in [0.3, 0.4) is 0 Å². The molecule has 0 aliphatic heterocycles. The number of hydrogen-bond donors (Lipinski definition) is 0. The Labute approximate surface area is 82.0 Å². The Morgan fingerprint density at radius 1 is 1.17 bits per heavy atom. The molecule has 1 heteroatoms. The maximum atomic E-state index is 5.87. The fourth-order valence-corrected chi connectivity index (χ4v) is 1.13. The van der Waals surface area contributed by atoms with Gasteiger partial charge in [-0.25, -0.2) is 0 Å². The summed E-state index contributed by atoms with van der Waals surface area (Å²) in [5, 5.41) is 0. The number of alkyl halides is 1. The van der Waals surface area contributed by atoms with E-state index in [0.29, 0.717) is 11.3 Å². The molecule has 12 heavy (non-hydrogen) atoms. The van der Waals surface area contributed by atoms with Crippen LogP contribution in [-0.4, -0.2) is 5.88 Å². The topological polar surface area (TPSA) is 0 Å². The Hall–Kier alpha value is 0.0300. The van der Waals surface area contributed by atoms with Crippen LogP contribution in [0.1, 0.15) is 40.5 Å². The van der Waals surface area contributed by atoms with Crippen LogP contribution in [0, 0.1) is 10.8 Å². The van der Waals surface area contributed by atoms with Gasteiger partial charge in [0, 0.05) is 5.88 Å². The Kier molecular flexibility index (Phi) is 4.33. The molecule has 0 aromatic carbocycles. The second kappa shape index (κ2) is 4.32. The molecule has 0 N–H and O–H groups in total. The molecule has 72 valence electrons. The van der Waals surface area contributed by atoms with Crippen molar-refractivity contribution in [3.8, 4) is 0 Å². The van der Waals surface area contributed by atoms with Gasteiger partial charge in [0.15, 0.2) is 0 Å². The highest BCUT2D eigenvalue weighted by molar-refractivity contribution is 6.18. The highest BCUT2D eigenvalue weighted by Crippen LogP contribution is 2.32. The first kappa shape index (κ1) is 12.0. The molecule has 0 aromatic heterocycles. The van der Waals surface area contributed by atoms with Crippen molar-refractivity contribution < 1.29 is 0 Å². The second-order valence-corrected chi connectivity index (χ2v) is 5.32. The summed E-state index contributed by atoms with van der Waals surface area (Å²) < 4.78 is 0. The van der Waals surface area contributed by atoms with E-state index >= 15 is 0 Å². The van der Waals surface area contributed by atoms with Crippen molar-refractivity contribution in [2.45, 2.75) is 40.5 Å². The van der Waals surface area contributed by atoms with Gasteiger partial charge in [-0.05, 0) is 23.7 Å². The van der Waals surface area contributed by atoms with Crippen LogP contribution in [0.4, 0.5) is 0 Å². The summed E-state index contributed by atoms with van der Waals surface area (Å²) in [7, 11) is 0. The minimum Gasteiger partial charge on any atom is -0.126 e. The molecule has 0 fully saturated rings. The van der Waals surface area contributed by atoms with Crippen LogP contribution < -0.4 is 0 Å². The van der Waals surface area contributed by atoms with Gasteiger partial charge in [-0.1, -0.05) is 33.8 Å².